The van der Waals surface area contributed by atoms with Crippen LogP contribution in [-0.4, -0.2) is 23.1 Å². The van der Waals surface area contributed by atoms with Gasteiger partial charge in [-0.15, -0.1) is 0 Å². The molecule has 0 bridgehead atoms. The van der Waals surface area contributed by atoms with E-state index in [2.05, 4.69) is 5.10 Å². The van der Waals surface area contributed by atoms with Crippen LogP contribution in [0.2, 0.25) is 0 Å². The molecule has 0 aromatic rings. The van der Waals surface area contributed by atoms with Crippen molar-refractivity contribution in [3.05, 3.63) is 0 Å². The van der Waals surface area contributed by atoms with E-state index >= 15 is 0 Å². The quantitative estimate of drug-likeness (QED) is 0.296. The first-order chi connectivity index (χ1) is 3.80. The second kappa shape index (κ2) is 2.13. The van der Waals surface area contributed by atoms with Gasteiger partial charge in [-0.25, -0.2) is 5.01 Å². The Hall–Kier alpha value is -0.570. The molecule has 0 saturated carbocycles. The second-order valence-corrected chi connectivity index (χ2v) is 1.86. The Balaban J connectivity index is 2.48. The van der Waals surface area contributed by atoms with Crippen molar-refractivity contribution in [2.45, 2.75) is 6.42 Å². The highest BCUT2D eigenvalue weighted by Crippen LogP contribution is 2.01. The molecule has 0 aromatic heterocycles. The van der Waals surface area contributed by atoms with E-state index in [0.29, 0.717) is 0 Å². The van der Waals surface area contributed by atoms with Gasteiger partial charge in [0.25, 0.3) is 0 Å². The van der Waals surface area contributed by atoms with Gasteiger partial charge in [-0.05, 0) is 11.6 Å². The molecule has 44 valence electrons. The van der Waals surface area contributed by atoms with Gasteiger partial charge in [0.2, 0.25) is 5.29 Å². The van der Waals surface area contributed by atoms with E-state index < -0.39 is 0 Å². The van der Waals surface area contributed by atoms with Crippen molar-refractivity contribution >= 4 is 23.1 Å². The minimum absolute atomic E-state index is 0.00116. The van der Waals surface area contributed by atoms with Crippen molar-refractivity contribution in [3.63, 3.8) is 0 Å². The fourth-order valence-corrected chi connectivity index (χ4v) is 0.671. The Bertz CT molecular complexity index is 131. The molecule has 0 amide bonds. The topological polar surface area (TPSA) is 39.5 Å². The van der Waals surface area contributed by atoms with Crippen LogP contribution in [0.5, 0.6) is 0 Å². The molecule has 1 N–H and O–H groups in total. The number of nitrogens with zero attached hydrogens (tertiary/aromatic N) is 2. The van der Waals surface area contributed by atoms with Crippen LogP contribution in [0.1, 0.15) is 6.42 Å². The smallest absolute Gasteiger partial charge is 0.211 e. The highest BCUT2D eigenvalue weighted by atomic mass is 35.5. The van der Waals surface area contributed by atoms with E-state index in [4.69, 9.17) is 17.0 Å². The Morgan fingerprint density at radius 3 is 2.88 bits per heavy atom. The first-order valence-corrected chi connectivity index (χ1v) is 2.72. The molecule has 8 heavy (non-hydrogen) atoms. The molecule has 1 aliphatic heterocycles. The van der Waals surface area contributed by atoms with Crippen molar-refractivity contribution < 1.29 is 0 Å². The minimum atomic E-state index is -0.00116. The maximum absolute atomic E-state index is 6.87. The lowest BCUT2D eigenvalue weighted by Crippen LogP contribution is -2.16. The predicted molar refractivity (Wildman–Crippen MR) is 33.4 cm³/mol. The summed E-state index contributed by atoms with van der Waals surface area (Å²) in [5.74, 6) is 0. The van der Waals surface area contributed by atoms with Crippen LogP contribution in [0, 0.1) is 5.41 Å². The molecule has 0 unspecified atom stereocenters. The van der Waals surface area contributed by atoms with Crippen molar-refractivity contribution in [2.24, 2.45) is 5.10 Å². The summed E-state index contributed by atoms with van der Waals surface area (Å²) < 4.78 is 0. The second-order valence-electron chi connectivity index (χ2n) is 1.50. The molecule has 0 fully saturated rings. The highest BCUT2D eigenvalue weighted by molar-refractivity contribution is 6.63. The van der Waals surface area contributed by atoms with Crippen LogP contribution < -0.4 is 0 Å². The van der Waals surface area contributed by atoms with Gasteiger partial charge in [0, 0.05) is 19.2 Å². The maximum Gasteiger partial charge on any atom is 0.211 e. The maximum atomic E-state index is 6.87. The summed E-state index contributed by atoms with van der Waals surface area (Å²) in [4.78, 5) is 0. The van der Waals surface area contributed by atoms with Crippen LogP contribution >= 0.6 is 11.6 Å². The molecule has 0 atom stereocenters. The minimum Gasteiger partial charge on any atom is -0.273 e. The van der Waals surface area contributed by atoms with E-state index in [0.717, 1.165) is 13.0 Å². The largest absolute Gasteiger partial charge is 0.273 e. The molecule has 0 aliphatic carbocycles. The third-order valence-electron chi connectivity index (χ3n) is 0.918. The summed E-state index contributed by atoms with van der Waals surface area (Å²) in [6, 6.07) is 0. The fraction of sp³-hybridized carbons (Fsp3) is 0.500. The summed E-state index contributed by atoms with van der Waals surface area (Å²) in [5.41, 5.74) is 0. The third kappa shape index (κ3) is 0.980. The number of rotatable bonds is 0. The van der Waals surface area contributed by atoms with Gasteiger partial charge in [-0.1, -0.05) is 0 Å². The number of halogens is 1. The summed E-state index contributed by atoms with van der Waals surface area (Å²) in [6.07, 6.45) is 2.64. The zero-order valence-corrected chi connectivity index (χ0v) is 5.02. The third-order valence-corrected chi connectivity index (χ3v) is 1.11. The van der Waals surface area contributed by atoms with Crippen molar-refractivity contribution in [1.29, 1.82) is 5.41 Å². The van der Waals surface area contributed by atoms with Crippen LogP contribution in [0.15, 0.2) is 5.10 Å². The standard InChI is InChI=1S/C4H6ClN3/c5-4(6)8-3-1-2-7-8/h2,6H,1,3H2. The number of hydrazone groups is 1. The van der Waals surface area contributed by atoms with Crippen molar-refractivity contribution in [2.75, 3.05) is 6.54 Å². The number of hydrogen-bond donors (Lipinski definition) is 1. The van der Waals surface area contributed by atoms with E-state index in [1.54, 1.807) is 6.21 Å². The van der Waals surface area contributed by atoms with E-state index in [-0.39, 0.29) is 5.29 Å². The van der Waals surface area contributed by atoms with Gasteiger partial charge < -0.3 is 0 Å². The lowest BCUT2D eigenvalue weighted by atomic mass is 10.5. The zero-order chi connectivity index (χ0) is 5.98. The van der Waals surface area contributed by atoms with Crippen LogP contribution in [0.4, 0.5) is 0 Å². The predicted octanol–water partition coefficient (Wildman–Crippen LogP) is 0.851. The molecule has 1 aliphatic rings. The van der Waals surface area contributed by atoms with Gasteiger partial charge in [0.15, 0.2) is 0 Å². The fourth-order valence-electron chi connectivity index (χ4n) is 0.543. The van der Waals surface area contributed by atoms with Gasteiger partial charge in [-0.3, -0.25) is 5.41 Å². The Morgan fingerprint density at radius 1 is 1.88 bits per heavy atom. The summed E-state index contributed by atoms with van der Waals surface area (Å²) >= 11 is 5.28. The number of amidine groups is 1. The van der Waals surface area contributed by atoms with Gasteiger partial charge in [0.05, 0.1) is 0 Å². The first-order valence-electron chi connectivity index (χ1n) is 2.35. The van der Waals surface area contributed by atoms with E-state index in [1.165, 1.54) is 5.01 Å². The van der Waals surface area contributed by atoms with Gasteiger partial charge in [0.1, 0.15) is 0 Å². The number of nitrogens with one attached hydrogen (secondary N) is 1. The van der Waals surface area contributed by atoms with Gasteiger partial charge >= 0.3 is 0 Å². The lowest BCUT2D eigenvalue weighted by molar-refractivity contribution is 0.497. The summed E-state index contributed by atoms with van der Waals surface area (Å²) in [6.45, 7) is 0.752. The Kier molecular flexibility index (Phi) is 1.48. The lowest BCUT2D eigenvalue weighted by Gasteiger charge is -2.06. The Labute approximate surface area is 52.4 Å². The molecule has 0 spiro atoms. The average Bonchev–Trinajstić information content (AvgIpc) is 2.12. The Morgan fingerprint density at radius 2 is 2.62 bits per heavy atom. The number of hydrogen-bond acceptors (Lipinski definition) is 2. The molecule has 3 nitrogen and oxygen atoms in total. The average molecular weight is 132 g/mol. The van der Waals surface area contributed by atoms with E-state index in [1.807, 2.05) is 0 Å². The molecule has 0 aromatic carbocycles. The summed E-state index contributed by atoms with van der Waals surface area (Å²) in [5, 5.41) is 12.1. The first kappa shape index (κ1) is 5.56. The molecular formula is C4H6ClN3. The molecule has 4 heteroatoms. The molecule has 1 rings (SSSR count). The molecular weight excluding hydrogens is 126 g/mol. The molecule has 0 radical (unpaired) electrons. The van der Waals surface area contributed by atoms with Crippen molar-refractivity contribution in [1.82, 2.24) is 5.01 Å². The molecule has 0 saturated heterocycles. The van der Waals surface area contributed by atoms with Crippen LogP contribution in [0.3, 0.4) is 0 Å². The van der Waals surface area contributed by atoms with Gasteiger partial charge in [-0.2, -0.15) is 5.10 Å². The van der Waals surface area contributed by atoms with Crippen LogP contribution in [0.25, 0.3) is 0 Å². The van der Waals surface area contributed by atoms with Crippen LogP contribution in [-0.2, 0) is 0 Å². The zero-order valence-electron chi connectivity index (χ0n) is 4.26. The molecule has 1 heterocycles. The SMILES string of the molecule is N=C(Cl)N1CCC=N1. The van der Waals surface area contributed by atoms with E-state index in [9.17, 15) is 0 Å². The normalized spacial score (nSPS) is 17.4. The highest BCUT2D eigenvalue weighted by Gasteiger charge is 2.07. The van der Waals surface area contributed by atoms with Crippen molar-refractivity contribution in [3.8, 4) is 0 Å². The monoisotopic (exact) mass is 131 g/mol. The summed E-state index contributed by atoms with van der Waals surface area (Å²) in [7, 11) is 0.